The zero-order valence-electron chi connectivity index (χ0n) is 12.2. The molecule has 0 aliphatic carbocycles. The molecule has 0 saturated carbocycles. The lowest BCUT2D eigenvalue weighted by molar-refractivity contribution is 0.0785. The summed E-state index contributed by atoms with van der Waals surface area (Å²) in [7, 11) is 3.37. The molecule has 0 atom stereocenters. The summed E-state index contributed by atoms with van der Waals surface area (Å²) < 4.78 is 1.43. The molecule has 2 aromatic rings. The number of carbonyl (C=O) groups excluding carboxylic acids is 1. The summed E-state index contributed by atoms with van der Waals surface area (Å²) in [6, 6.07) is 10.8. The second kappa shape index (κ2) is 6.37. The molecular weight excluding hydrogens is 266 g/mol. The molecule has 2 N–H and O–H groups in total. The third kappa shape index (κ3) is 3.58. The molecule has 110 valence electrons. The van der Waals surface area contributed by atoms with E-state index >= 15 is 0 Å². The van der Waals surface area contributed by atoms with Gasteiger partial charge in [0.2, 0.25) is 0 Å². The average Bonchev–Trinajstić information content (AvgIpc) is 2.50. The van der Waals surface area contributed by atoms with Crippen molar-refractivity contribution in [1.82, 2.24) is 9.47 Å². The number of aromatic nitrogens is 1. The second-order valence-corrected chi connectivity index (χ2v) is 5.05. The molecule has 1 heterocycles. The van der Waals surface area contributed by atoms with Gasteiger partial charge >= 0.3 is 0 Å². The van der Waals surface area contributed by atoms with Crippen LogP contribution in [0.25, 0.3) is 0 Å². The topological polar surface area (TPSA) is 68.3 Å². The fourth-order valence-corrected chi connectivity index (χ4v) is 2.03. The van der Waals surface area contributed by atoms with E-state index in [1.54, 1.807) is 31.3 Å². The van der Waals surface area contributed by atoms with Crippen LogP contribution in [0.2, 0.25) is 0 Å². The van der Waals surface area contributed by atoms with E-state index in [4.69, 9.17) is 5.73 Å². The Morgan fingerprint density at radius 3 is 2.38 bits per heavy atom. The summed E-state index contributed by atoms with van der Waals surface area (Å²) in [4.78, 5) is 25.5. The van der Waals surface area contributed by atoms with Crippen LogP contribution in [-0.4, -0.2) is 22.4 Å². The minimum absolute atomic E-state index is 0.171. The van der Waals surface area contributed by atoms with Gasteiger partial charge < -0.3 is 15.2 Å². The highest BCUT2D eigenvalue weighted by Gasteiger charge is 2.12. The first-order valence-corrected chi connectivity index (χ1v) is 6.71. The van der Waals surface area contributed by atoms with E-state index in [1.807, 2.05) is 24.3 Å². The second-order valence-electron chi connectivity index (χ2n) is 5.05. The number of aryl methyl sites for hydroxylation is 1. The van der Waals surface area contributed by atoms with E-state index in [9.17, 15) is 9.59 Å². The first-order valence-electron chi connectivity index (χ1n) is 6.71. The molecule has 0 unspecified atom stereocenters. The molecule has 21 heavy (non-hydrogen) atoms. The van der Waals surface area contributed by atoms with Crippen LogP contribution >= 0.6 is 0 Å². The summed E-state index contributed by atoms with van der Waals surface area (Å²) >= 11 is 0. The maximum atomic E-state index is 12.3. The lowest BCUT2D eigenvalue weighted by Gasteiger charge is -2.17. The van der Waals surface area contributed by atoms with Crippen molar-refractivity contribution in [3.05, 3.63) is 69.6 Å². The molecular formula is C16H19N3O2. The van der Waals surface area contributed by atoms with Crippen molar-refractivity contribution in [2.24, 2.45) is 12.8 Å². The Morgan fingerprint density at radius 1 is 1.19 bits per heavy atom. The number of benzene rings is 1. The van der Waals surface area contributed by atoms with Crippen molar-refractivity contribution in [2.45, 2.75) is 13.1 Å². The number of pyridine rings is 1. The minimum atomic E-state index is -0.193. The number of hydrogen-bond acceptors (Lipinski definition) is 3. The van der Waals surface area contributed by atoms with E-state index in [0.29, 0.717) is 18.7 Å². The summed E-state index contributed by atoms with van der Waals surface area (Å²) in [5, 5.41) is 0. The Kier molecular flexibility index (Phi) is 4.55. The average molecular weight is 285 g/mol. The van der Waals surface area contributed by atoms with Crippen LogP contribution in [0.5, 0.6) is 0 Å². The molecule has 2 rings (SSSR count). The smallest absolute Gasteiger partial charge is 0.254 e. The van der Waals surface area contributed by atoms with Crippen molar-refractivity contribution >= 4 is 5.91 Å². The lowest BCUT2D eigenvalue weighted by atomic mass is 10.1. The van der Waals surface area contributed by atoms with Gasteiger partial charge in [0.15, 0.2) is 0 Å². The number of rotatable bonds is 4. The number of hydrogen-bond donors (Lipinski definition) is 1. The monoisotopic (exact) mass is 285 g/mol. The van der Waals surface area contributed by atoms with Gasteiger partial charge in [0.05, 0.1) is 0 Å². The first-order chi connectivity index (χ1) is 10.0. The van der Waals surface area contributed by atoms with Crippen LogP contribution in [0.15, 0.2) is 47.4 Å². The molecule has 5 nitrogen and oxygen atoms in total. The van der Waals surface area contributed by atoms with Crippen LogP contribution < -0.4 is 11.3 Å². The number of amides is 1. The Morgan fingerprint density at radius 2 is 1.81 bits per heavy atom. The molecule has 1 amide bonds. The van der Waals surface area contributed by atoms with E-state index in [1.165, 1.54) is 10.6 Å². The van der Waals surface area contributed by atoms with Gasteiger partial charge in [-0.3, -0.25) is 9.59 Å². The van der Waals surface area contributed by atoms with Crippen molar-refractivity contribution in [3.8, 4) is 0 Å². The molecule has 0 fully saturated rings. The van der Waals surface area contributed by atoms with Gasteiger partial charge in [0, 0.05) is 45.0 Å². The van der Waals surface area contributed by atoms with Crippen LogP contribution in [0, 0.1) is 0 Å². The fourth-order valence-electron chi connectivity index (χ4n) is 2.03. The highest BCUT2D eigenvalue weighted by molar-refractivity contribution is 5.93. The van der Waals surface area contributed by atoms with Crippen molar-refractivity contribution in [1.29, 1.82) is 0 Å². The van der Waals surface area contributed by atoms with Crippen molar-refractivity contribution < 1.29 is 4.79 Å². The highest BCUT2D eigenvalue weighted by atomic mass is 16.2. The SMILES string of the molecule is CN(Cc1ccc(CN)cc1)C(=O)c1ccn(C)c(=O)c1. The van der Waals surface area contributed by atoms with Crippen LogP contribution in [-0.2, 0) is 20.1 Å². The van der Waals surface area contributed by atoms with Crippen molar-refractivity contribution in [2.75, 3.05) is 7.05 Å². The van der Waals surface area contributed by atoms with Gasteiger partial charge in [-0.25, -0.2) is 0 Å². The Balaban J connectivity index is 2.11. The van der Waals surface area contributed by atoms with E-state index in [0.717, 1.165) is 11.1 Å². The summed E-state index contributed by atoms with van der Waals surface area (Å²) in [6.45, 7) is 0.987. The van der Waals surface area contributed by atoms with Gasteiger partial charge in [-0.2, -0.15) is 0 Å². The molecule has 1 aromatic heterocycles. The van der Waals surface area contributed by atoms with Gasteiger partial charge in [-0.15, -0.1) is 0 Å². The molecule has 0 spiro atoms. The molecule has 1 aromatic carbocycles. The van der Waals surface area contributed by atoms with Gasteiger partial charge in [-0.05, 0) is 17.2 Å². The Bertz CT molecular complexity index is 689. The van der Waals surface area contributed by atoms with E-state index < -0.39 is 0 Å². The molecule has 0 aliphatic rings. The maximum Gasteiger partial charge on any atom is 0.254 e. The van der Waals surface area contributed by atoms with Crippen LogP contribution in [0.3, 0.4) is 0 Å². The van der Waals surface area contributed by atoms with Crippen LogP contribution in [0.4, 0.5) is 0 Å². The van der Waals surface area contributed by atoms with Crippen LogP contribution in [0.1, 0.15) is 21.5 Å². The summed E-state index contributed by atoms with van der Waals surface area (Å²) in [5.74, 6) is -0.171. The standard InChI is InChI=1S/C16H19N3O2/c1-18-8-7-14(9-15(18)20)16(21)19(2)11-13-5-3-12(10-17)4-6-13/h3-9H,10-11,17H2,1-2H3. The fraction of sp³-hybridized carbons (Fsp3) is 0.250. The van der Waals surface area contributed by atoms with Gasteiger partial charge in [0.25, 0.3) is 11.5 Å². The molecule has 5 heteroatoms. The largest absolute Gasteiger partial charge is 0.337 e. The molecule has 0 radical (unpaired) electrons. The third-order valence-corrected chi connectivity index (χ3v) is 3.38. The Labute approximate surface area is 123 Å². The predicted molar refractivity (Wildman–Crippen MR) is 81.8 cm³/mol. The molecule has 0 aliphatic heterocycles. The number of nitrogens with zero attached hydrogens (tertiary/aromatic N) is 2. The first kappa shape index (κ1) is 15.0. The lowest BCUT2D eigenvalue weighted by Crippen LogP contribution is -2.28. The number of carbonyl (C=O) groups is 1. The third-order valence-electron chi connectivity index (χ3n) is 3.38. The van der Waals surface area contributed by atoms with Gasteiger partial charge in [-0.1, -0.05) is 24.3 Å². The Hall–Kier alpha value is -2.40. The number of nitrogens with two attached hydrogens (primary N) is 1. The normalized spacial score (nSPS) is 10.4. The minimum Gasteiger partial charge on any atom is -0.337 e. The quantitative estimate of drug-likeness (QED) is 0.915. The van der Waals surface area contributed by atoms with E-state index in [-0.39, 0.29) is 11.5 Å². The highest BCUT2D eigenvalue weighted by Crippen LogP contribution is 2.09. The molecule has 0 saturated heterocycles. The zero-order valence-corrected chi connectivity index (χ0v) is 12.2. The van der Waals surface area contributed by atoms with Gasteiger partial charge in [0.1, 0.15) is 0 Å². The zero-order chi connectivity index (χ0) is 15.4. The van der Waals surface area contributed by atoms with Crippen molar-refractivity contribution in [3.63, 3.8) is 0 Å². The van der Waals surface area contributed by atoms with E-state index in [2.05, 4.69) is 0 Å². The molecule has 0 bridgehead atoms. The summed E-state index contributed by atoms with van der Waals surface area (Å²) in [5.41, 5.74) is 7.84. The predicted octanol–water partition coefficient (Wildman–Crippen LogP) is 1.12. The maximum absolute atomic E-state index is 12.3. The summed E-state index contributed by atoms with van der Waals surface area (Å²) in [6.07, 6.45) is 1.60.